The fraction of sp³-hybridized carbons (Fsp3) is 0.778. The first-order chi connectivity index (χ1) is 6.09. The first-order valence-corrected chi connectivity index (χ1v) is 4.43. The molecular weight excluding hydrogens is 168 g/mol. The second-order valence-corrected chi connectivity index (χ2v) is 3.78. The number of carboxylic acid groups (broad SMARTS) is 1. The van der Waals surface area contributed by atoms with Crippen molar-refractivity contribution in [3.05, 3.63) is 0 Å². The Kier molecular flexibility index (Phi) is 2.89. The molecule has 1 fully saturated rings. The highest BCUT2D eigenvalue weighted by Gasteiger charge is 2.42. The number of carboxylic acids is 1. The van der Waals surface area contributed by atoms with Crippen LogP contribution in [0.5, 0.6) is 0 Å². The fourth-order valence-corrected chi connectivity index (χ4v) is 1.22. The molecule has 4 heteroatoms. The van der Waals surface area contributed by atoms with E-state index >= 15 is 0 Å². The van der Waals surface area contributed by atoms with Gasteiger partial charge in [-0.15, -0.1) is 0 Å². The zero-order valence-electron chi connectivity index (χ0n) is 7.71. The summed E-state index contributed by atoms with van der Waals surface area (Å²) in [6.45, 7) is 2.26. The summed E-state index contributed by atoms with van der Waals surface area (Å²) in [5, 5.41) is 20.0. The van der Waals surface area contributed by atoms with Crippen LogP contribution in [0.4, 0.5) is 0 Å². The van der Waals surface area contributed by atoms with Gasteiger partial charge in [-0.3, -0.25) is 4.79 Å². The number of carbonyl (C=O) groups is 1. The van der Waals surface area contributed by atoms with Crippen molar-refractivity contribution >= 4 is 5.97 Å². The number of nitriles is 1. The molecule has 1 aliphatic carbocycles. The van der Waals surface area contributed by atoms with E-state index in [9.17, 15) is 4.79 Å². The molecule has 0 amide bonds. The lowest BCUT2D eigenvalue weighted by molar-refractivity contribution is -0.139. The Labute approximate surface area is 77.6 Å². The molecule has 1 saturated carbocycles. The molecule has 1 aliphatic rings. The molecule has 0 spiro atoms. The minimum atomic E-state index is -0.840. The van der Waals surface area contributed by atoms with Gasteiger partial charge in [-0.05, 0) is 25.2 Å². The molecule has 0 aromatic heterocycles. The summed E-state index contributed by atoms with van der Waals surface area (Å²) in [6.07, 6.45) is 2.62. The molecule has 0 aliphatic heterocycles. The van der Waals surface area contributed by atoms with E-state index < -0.39 is 12.0 Å². The van der Waals surface area contributed by atoms with Crippen LogP contribution in [0.25, 0.3) is 0 Å². The summed E-state index contributed by atoms with van der Waals surface area (Å²) in [4.78, 5) is 10.5. The fourth-order valence-electron chi connectivity index (χ4n) is 1.22. The second kappa shape index (κ2) is 3.75. The third-order valence-electron chi connectivity index (χ3n) is 2.56. The van der Waals surface area contributed by atoms with Gasteiger partial charge in [-0.1, -0.05) is 0 Å². The van der Waals surface area contributed by atoms with Crippen molar-refractivity contribution in [1.82, 2.24) is 5.32 Å². The van der Waals surface area contributed by atoms with Crippen molar-refractivity contribution in [2.24, 2.45) is 5.41 Å². The topological polar surface area (TPSA) is 73.1 Å². The summed E-state index contributed by atoms with van der Waals surface area (Å²) >= 11 is 0. The van der Waals surface area contributed by atoms with Crippen molar-refractivity contribution in [1.29, 1.82) is 5.26 Å². The Morgan fingerprint density at radius 1 is 1.77 bits per heavy atom. The lowest BCUT2D eigenvalue weighted by Crippen LogP contribution is -2.37. The number of nitrogens with zero attached hydrogens (tertiary/aromatic N) is 1. The Morgan fingerprint density at radius 2 is 2.38 bits per heavy atom. The molecule has 0 bridgehead atoms. The van der Waals surface area contributed by atoms with E-state index in [1.54, 1.807) is 6.92 Å². The van der Waals surface area contributed by atoms with Gasteiger partial charge in [0.15, 0.2) is 0 Å². The molecule has 0 radical (unpaired) electrons. The summed E-state index contributed by atoms with van der Waals surface area (Å²) in [7, 11) is 0. The number of hydrogen-bond donors (Lipinski definition) is 2. The Hall–Kier alpha value is -1.08. The largest absolute Gasteiger partial charge is 0.480 e. The van der Waals surface area contributed by atoms with Crippen LogP contribution in [0.3, 0.4) is 0 Å². The van der Waals surface area contributed by atoms with Crippen LogP contribution in [0, 0.1) is 16.7 Å². The first kappa shape index (κ1) is 10.0. The van der Waals surface area contributed by atoms with Crippen LogP contribution in [-0.2, 0) is 4.79 Å². The number of rotatable bonds is 5. The van der Waals surface area contributed by atoms with Crippen LogP contribution in [-0.4, -0.2) is 23.7 Å². The molecule has 0 unspecified atom stereocenters. The van der Waals surface area contributed by atoms with Crippen molar-refractivity contribution in [3.8, 4) is 6.07 Å². The molecule has 4 nitrogen and oxygen atoms in total. The van der Waals surface area contributed by atoms with Crippen LogP contribution in [0.15, 0.2) is 0 Å². The van der Waals surface area contributed by atoms with Gasteiger partial charge in [-0.2, -0.15) is 5.26 Å². The van der Waals surface area contributed by atoms with E-state index in [0.717, 1.165) is 12.8 Å². The summed E-state index contributed by atoms with van der Waals surface area (Å²) in [5.41, 5.74) is 0.0818. The summed E-state index contributed by atoms with van der Waals surface area (Å²) in [6, 6.07) is 1.62. The number of nitrogens with one attached hydrogen (secondary N) is 1. The molecule has 0 saturated heterocycles. The van der Waals surface area contributed by atoms with Gasteiger partial charge in [0, 0.05) is 13.0 Å². The minimum absolute atomic E-state index is 0.0818. The maximum Gasteiger partial charge on any atom is 0.320 e. The maximum atomic E-state index is 10.5. The van der Waals surface area contributed by atoms with E-state index in [0.29, 0.717) is 13.0 Å². The lowest BCUT2D eigenvalue weighted by Gasteiger charge is -2.14. The monoisotopic (exact) mass is 182 g/mol. The lowest BCUT2D eigenvalue weighted by atomic mass is 10.0. The molecule has 1 atom stereocenters. The number of hydrogen-bond acceptors (Lipinski definition) is 3. The quantitative estimate of drug-likeness (QED) is 0.657. The minimum Gasteiger partial charge on any atom is -0.480 e. The van der Waals surface area contributed by atoms with Crippen molar-refractivity contribution < 1.29 is 9.90 Å². The van der Waals surface area contributed by atoms with Gasteiger partial charge >= 0.3 is 5.97 Å². The normalized spacial score (nSPS) is 20.3. The third-order valence-corrected chi connectivity index (χ3v) is 2.56. The van der Waals surface area contributed by atoms with Crippen molar-refractivity contribution in [2.45, 2.75) is 32.2 Å². The van der Waals surface area contributed by atoms with E-state index in [2.05, 4.69) is 11.4 Å². The zero-order valence-corrected chi connectivity index (χ0v) is 7.71. The second-order valence-electron chi connectivity index (χ2n) is 3.78. The van der Waals surface area contributed by atoms with E-state index in [1.165, 1.54) is 0 Å². The molecule has 13 heavy (non-hydrogen) atoms. The van der Waals surface area contributed by atoms with Crippen molar-refractivity contribution in [2.75, 3.05) is 6.54 Å². The first-order valence-electron chi connectivity index (χ1n) is 4.43. The molecule has 0 aromatic carbocycles. The van der Waals surface area contributed by atoms with Gasteiger partial charge < -0.3 is 10.4 Å². The smallest absolute Gasteiger partial charge is 0.320 e. The van der Waals surface area contributed by atoms with Crippen molar-refractivity contribution in [3.63, 3.8) is 0 Å². The third kappa shape index (κ3) is 2.71. The highest BCUT2D eigenvalue weighted by atomic mass is 16.4. The SMILES string of the molecule is C[C@H](NCC1(CC#N)CC1)C(=O)O. The average Bonchev–Trinajstić information content (AvgIpc) is 2.82. The molecule has 1 rings (SSSR count). The van der Waals surface area contributed by atoms with Gasteiger partial charge in [0.1, 0.15) is 6.04 Å². The number of aliphatic carboxylic acids is 1. The molecule has 0 aromatic rings. The van der Waals surface area contributed by atoms with Gasteiger partial charge in [0.2, 0.25) is 0 Å². The van der Waals surface area contributed by atoms with Gasteiger partial charge in [-0.25, -0.2) is 0 Å². The van der Waals surface area contributed by atoms with Gasteiger partial charge in [0.05, 0.1) is 6.07 Å². The average molecular weight is 182 g/mol. The highest BCUT2D eigenvalue weighted by molar-refractivity contribution is 5.72. The Balaban J connectivity index is 2.27. The van der Waals surface area contributed by atoms with E-state index in [1.807, 2.05) is 0 Å². The predicted octanol–water partition coefficient (Wildman–Crippen LogP) is 0.743. The van der Waals surface area contributed by atoms with Crippen LogP contribution in [0.1, 0.15) is 26.2 Å². The summed E-state index contributed by atoms with van der Waals surface area (Å²) in [5.74, 6) is -0.840. The zero-order chi connectivity index (χ0) is 9.90. The Bertz CT molecular complexity index is 240. The van der Waals surface area contributed by atoms with Crippen LogP contribution < -0.4 is 5.32 Å². The van der Waals surface area contributed by atoms with Crippen LogP contribution in [0.2, 0.25) is 0 Å². The standard InChI is InChI=1S/C9H14N2O2/c1-7(8(12)13)11-6-9(2-3-9)4-5-10/h7,11H,2-4,6H2,1H3,(H,12,13)/t7-/m0/s1. The molecular formula is C9H14N2O2. The maximum absolute atomic E-state index is 10.5. The van der Waals surface area contributed by atoms with E-state index in [-0.39, 0.29) is 5.41 Å². The van der Waals surface area contributed by atoms with Crippen LogP contribution >= 0.6 is 0 Å². The predicted molar refractivity (Wildman–Crippen MR) is 47.0 cm³/mol. The van der Waals surface area contributed by atoms with Gasteiger partial charge in [0.25, 0.3) is 0 Å². The summed E-state index contributed by atoms with van der Waals surface area (Å²) < 4.78 is 0. The molecule has 0 heterocycles. The van der Waals surface area contributed by atoms with E-state index in [4.69, 9.17) is 10.4 Å². The Morgan fingerprint density at radius 3 is 2.77 bits per heavy atom. The molecule has 72 valence electrons. The molecule has 2 N–H and O–H groups in total. The highest BCUT2D eigenvalue weighted by Crippen LogP contribution is 2.47.